The van der Waals surface area contributed by atoms with Gasteiger partial charge in [-0.3, -0.25) is 4.79 Å². The van der Waals surface area contributed by atoms with Crippen LogP contribution in [-0.2, 0) is 4.79 Å². The van der Waals surface area contributed by atoms with Crippen molar-refractivity contribution < 1.29 is 9.53 Å². The summed E-state index contributed by atoms with van der Waals surface area (Å²) in [5.74, 6) is 0.378. The number of unbranched alkanes of at least 4 members (excludes halogenated alkanes) is 1. The van der Waals surface area contributed by atoms with Crippen molar-refractivity contribution in [2.24, 2.45) is 0 Å². The summed E-state index contributed by atoms with van der Waals surface area (Å²) in [5, 5.41) is 3.31. The molecular formula is C13H17BrClNO2. The molecule has 1 unspecified atom stereocenters. The normalized spacial score (nSPS) is 12.0. The van der Waals surface area contributed by atoms with Gasteiger partial charge in [-0.1, -0.05) is 40.9 Å². The van der Waals surface area contributed by atoms with Gasteiger partial charge in [-0.15, -0.1) is 0 Å². The smallest absolute Gasteiger partial charge is 0.260 e. The summed E-state index contributed by atoms with van der Waals surface area (Å²) in [5.41, 5.74) is 0. The largest absolute Gasteiger partial charge is 0.479 e. The molecule has 1 rings (SSSR count). The molecule has 0 radical (unpaired) electrons. The number of nitrogens with one attached hydrogen (secondary N) is 1. The first-order valence-corrected chi connectivity index (χ1v) is 7.11. The van der Waals surface area contributed by atoms with Crippen LogP contribution in [0.1, 0.15) is 26.7 Å². The number of amides is 1. The molecule has 1 amide bonds. The van der Waals surface area contributed by atoms with Crippen molar-refractivity contribution in [3.63, 3.8) is 0 Å². The van der Waals surface area contributed by atoms with Crippen LogP contribution in [0, 0.1) is 0 Å². The molecule has 100 valence electrons. The van der Waals surface area contributed by atoms with E-state index in [1.54, 1.807) is 19.1 Å². The molecule has 5 heteroatoms. The number of carbonyl (C=O) groups is 1. The average molecular weight is 335 g/mol. The number of rotatable bonds is 6. The zero-order valence-corrected chi connectivity index (χ0v) is 12.8. The molecule has 1 N–H and O–H groups in total. The monoisotopic (exact) mass is 333 g/mol. The lowest BCUT2D eigenvalue weighted by molar-refractivity contribution is -0.127. The van der Waals surface area contributed by atoms with Gasteiger partial charge in [-0.05, 0) is 31.5 Å². The number of hydrogen-bond donors (Lipinski definition) is 1. The second kappa shape index (κ2) is 7.64. The van der Waals surface area contributed by atoms with Gasteiger partial charge in [0.2, 0.25) is 0 Å². The summed E-state index contributed by atoms with van der Waals surface area (Å²) >= 11 is 9.33. The van der Waals surface area contributed by atoms with Crippen molar-refractivity contribution in [2.75, 3.05) is 6.54 Å². The quantitative estimate of drug-likeness (QED) is 0.804. The zero-order valence-electron chi connectivity index (χ0n) is 10.5. The third kappa shape index (κ3) is 4.86. The van der Waals surface area contributed by atoms with E-state index < -0.39 is 6.10 Å². The van der Waals surface area contributed by atoms with Gasteiger partial charge in [-0.2, -0.15) is 0 Å². The Hall–Kier alpha value is -0.740. The minimum atomic E-state index is -0.561. The van der Waals surface area contributed by atoms with E-state index in [2.05, 4.69) is 28.2 Å². The number of benzene rings is 1. The summed E-state index contributed by atoms with van der Waals surface area (Å²) in [6.07, 6.45) is 1.46. The van der Waals surface area contributed by atoms with Crippen molar-refractivity contribution in [3.05, 3.63) is 27.7 Å². The molecule has 1 aromatic carbocycles. The number of hydrogen-bond acceptors (Lipinski definition) is 2. The van der Waals surface area contributed by atoms with E-state index in [1.807, 2.05) is 6.07 Å². The van der Waals surface area contributed by atoms with E-state index in [-0.39, 0.29) is 5.91 Å². The summed E-state index contributed by atoms with van der Waals surface area (Å²) in [7, 11) is 0. The molecule has 0 saturated heterocycles. The van der Waals surface area contributed by atoms with Crippen LogP contribution in [-0.4, -0.2) is 18.6 Å². The van der Waals surface area contributed by atoms with E-state index in [9.17, 15) is 4.79 Å². The molecule has 0 bridgehead atoms. The van der Waals surface area contributed by atoms with Crippen molar-refractivity contribution >= 4 is 33.4 Å². The van der Waals surface area contributed by atoms with Crippen LogP contribution in [0.2, 0.25) is 5.02 Å². The first-order chi connectivity index (χ1) is 8.54. The van der Waals surface area contributed by atoms with E-state index >= 15 is 0 Å². The van der Waals surface area contributed by atoms with Gasteiger partial charge in [0, 0.05) is 11.0 Å². The van der Waals surface area contributed by atoms with Gasteiger partial charge in [0.05, 0.1) is 5.02 Å². The molecule has 1 aromatic rings. The summed E-state index contributed by atoms with van der Waals surface area (Å²) in [4.78, 5) is 11.7. The fourth-order valence-electron chi connectivity index (χ4n) is 1.34. The van der Waals surface area contributed by atoms with Crippen LogP contribution in [0.4, 0.5) is 0 Å². The zero-order chi connectivity index (χ0) is 13.5. The van der Waals surface area contributed by atoms with E-state index in [1.165, 1.54) is 0 Å². The Kier molecular flexibility index (Phi) is 6.50. The van der Waals surface area contributed by atoms with E-state index in [0.29, 0.717) is 17.3 Å². The highest BCUT2D eigenvalue weighted by atomic mass is 79.9. The fourth-order valence-corrected chi connectivity index (χ4v) is 1.85. The van der Waals surface area contributed by atoms with Crippen molar-refractivity contribution in [3.8, 4) is 5.75 Å². The molecular weight excluding hydrogens is 318 g/mol. The average Bonchev–Trinajstić information content (AvgIpc) is 2.34. The SMILES string of the molecule is CCCCNC(=O)C(C)Oc1cc(Br)ccc1Cl. The number of halogens is 2. The minimum Gasteiger partial charge on any atom is -0.479 e. The fraction of sp³-hybridized carbons (Fsp3) is 0.462. The van der Waals surface area contributed by atoms with Gasteiger partial charge >= 0.3 is 0 Å². The third-order valence-electron chi connectivity index (χ3n) is 2.40. The van der Waals surface area contributed by atoms with Crippen molar-refractivity contribution in [1.82, 2.24) is 5.32 Å². The topological polar surface area (TPSA) is 38.3 Å². The first-order valence-electron chi connectivity index (χ1n) is 5.94. The Labute approximate surface area is 121 Å². The van der Waals surface area contributed by atoms with Gasteiger partial charge < -0.3 is 10.1 Å². The summed E-state index contributed by atoms with van der Waals surface area (Å²) in [6.45, 7) is 4.46. The Bertz CT molecular complexity index is 412. The molecule has 0 aromatic heterocycles. The Morgan fingerprint density at radius 3 is 2.94 bits per heavy atom. The van der Waals surface area contributed by atoms with Gasteiger partial charge in [0.25, 0.3) is 5.91 Å². The third-order valence-corrected chi connectivity index (χ3v) is 3.20. The predicted molar refractivity (Wildman–Crippen MR) is 77.2 cm³/mol. The molecule has 0 aliphatic rings. The Morgan fingerprint density at radius 1 is 1.56 bits per heavy atom. The van der Waals surface area contributed by atoms with Gasteiger partial charge in [0.15, 0.2) is 6.10 Å². The number of carbonyl (C=O) groups excluding carboxylic acids is 1. The molecule has 18 heavy (non-hydrogen) atoms. The van der Waals surface area contributed by atoms with E-state index in [0.717, 1.165) is 17.3 Å². The van der Waals surface area contributed by atoms with Crippen molar-refractivity contribution in [1.29, 1.82) is 0 Å². The van der Waals surface area contributed by atoms with Gasteiger partial charge in [-0.25, -0.2) is 0 Å². The number of ether oxygens (including phenoxy) is 1. The molecule has 0 aliphatic carbocycles. The van der Waals surface area contributed by atoms with Crippen LogP contribution in [0.5, 0.6) is 5.75 Å². The molecule has 0 heterocycles. The van der Waals surface area contributed by atoms with Crippen molar-refractivity contribution in [2.45, 2.75) is 32.8 Å². The standard InChI is InChI=1S/C13H17BrClNO2/c1-3-4-7-16-13(17)9(2)18-12-8-10(14)5-6-11(12)15/h5-6,8-9H,3-4,7H2,1-2H3,(H,16,17). The maximum atomic E-state index is 11.7. The van der Waals surface area contributed by atoms with Crippen LogP contribution in [0.3, 0.4) is 0 Å². The second-order valence-electron chi connectivity index (χ2n) is 3.98. The predicted octanol–water partition coefficient (Wildman–Crippen LogP) is 3.79. The summed E-state index contributed by atoms with van der Waals surface area (Å²) < 4.78 is 6.41. The molecule has 0 spiro atoms. The maximum absolute atomic E-state index is 11.7. The van der Waals surface area contributed by atoms with Crippen LogP contribution in [0.15, 0.2) is 22.7 Å². The highest BCUT2D eigenvalue weighted by molar-refractivity contribution is 9.10. The summed E-state index contributed by atoms with van der Waals surface area (Å²) in [6, 6.07) is 5.29. The Balaban J connectivity index is 2.55. The lowest BCUT2D eigenvalue weighted by atomic mass is 10.3. The maximum Gasteiger partial charge on any atom is 0.260 e. The highest BCUT2D eigenvalue weighted by Crippen LogP contribution is 2.28. The first kappa shape index (κ1) is 15.3. The molecule has 0 aliphatic heterocycles. The van der Waals surface area contributed by atoms with Crippen LogP contribution >= 0.6 is 27.5 Å². The lowest BCUT2D eigenvalue weighted by Crippen LogP contribution is -2.36. The minimum absolute atomic E-state index is 0.125. The second-order valence-corrected chi connectivity index (χ2v) is 5.30. The molecule has 0 fully saturated rings. The van der Waals surface area contributed by atoms with Crippen LogP contribution < -0.4 is 10.1 Å². The van der Waals surface area contributed by atoms with Gasteiger partial charge in [0.1, 0.15) is 5.75 Å². The molecule has 3 nitrogen and oxygen atoms in total. The molecule has 1 atom stereocenters. The van der Waals surface area contributed by atoms with E-state index in [4.69, 9.17) is 16.3 Å². The molecule has 0 saturated carbocycles. The highest BCUT2D eigenvalue weighted by Gasteiger charge is 2.15. The lowest BCUT2D eigenvalue weighted by Gasteiger charge is -2.15. The van der Waals surface area contributed by atoms with Crippen LogP contribution in [0.25, 0.3) is 0 Å². The Morgan fingerprint density at radius 2 is 2.28 bits per heavy atom.